The van der Waals surface area contributed by atoms with Gasteiger partial charge in [-0.05, 0) is 30.3 Å². The van der Waals surface area contributed by atoms with Crippen LogP contribution in [0.5, 0.6) is 0 Å². The molecule has 0 radical (unpaired) electrons. The van der Waals surface area contributed by atoms with Gasteiger partial charge in [0.05, 0.1) is 16.3 Å². The van der Waals surface area contributed by atoms with Crippen molar-refractivity contribution < 1.29 is 14.5 Å². The molecule has 4 rings (SSSR count). The van der Waals surface area contributed by atoms with Crippen LogP contribution >= 0.6 is 0 Å². The number of nitrogens with zero attached hydrogens (tertiary/aromatic N) is 5. The van der Waals surface area contributed by atoms with Gasteiger partial charge in [0, 0.05) is 57.1 Å². The molecule has 10 nitrogen and oxygen atoms in total. The van der Waals surface area contributed by atoms with Gasteiger partial charge in [0.25, 0.3) is 11.6 Å². The monoisotopic (exact) mass is 434 g/mol. The highest BCUT2D eigenvalue weighted by atomic mass is 16.6. The van der Waals surface area contributed by atoms with E-state index in [4.69, 9.17) is 0 Å². The Bertz CT molecular complexity index is 1150. The molecule has 2 heterocycles. The molecule has 1 saturated heterocycles. The Morgan fingerprint density at radius 1 is 1.03 bits per heavy atom. The molecule has 164 valence electrons. The summed E-state index contributed by atoms with van der Waals surface area (Å²) in [5.74, 6) is -0.470. The summed E-state index contributed by atoms with van der Waals surface area (Å²) in [4.78, 5) is 39.3. The fraction of sp³-hybridized carbons (Fsp3) is 0.227. The van der Waals surface area contributed by atoms with Gasteiger partial charge in [-0.1, -0.05) is 12.1 Å². The molecule has 2 aromatic carbocycles. The van der Waals surface area contributed by atoms with Gasteiger partial charge in [-0.3, -0.25) is 19.7 Å². The standard InChI is InChI=1S/C22H22N6O4/c1-16(29)25-11-13-26(14-12-25)20-8-7-17(15-21(20)28(31)32)22(30)24-18-5-2-3-6-19(18)27-10-4-9-23-27/h2-10,15H,11-14H2,1H3,(H,24,30). The summed E-state index contributed by atoms with van der Waals surface area (Å²) < 4.78 is 1.63. The zero-order valence-corrected chi connectivity index (χ0v) is 17.5. The number of carbonyl (C=O) groups excluding carboxylic acids is 2. The minimum atomic E-state index is -0.485. The summed E-state index contributed by atoms with van der Waals surface area (Å²) in [5, 5.41) is 18.8. The molecular formula is C22H22N6O4. The molecule has 0 spiro atoms. The molecule has 1 fully saturated rings. The van der Waals surface area contributed by atoms with Crippen molar-refractivity contribution in [2.45, 2.75) is 6.92 Å². The summed E-state index contributed by atoms with van der Waals surface area (Å²) in [7, 11) is 0. The quantitative estimate of drug-likeness (QED) is 0.488. The highest BCUT2D eigenvalue weighted by Gasteiger charge is 2.26. The molecule has 0 aliphatic carbocycles. The molecule has 1 N–H and O–H groups in total. The van der Waals surface area contributed by atoms with Crippen LogP contribution in [0.3, 0.4) is 0 Å². The number of anilines is 2. The maximum absolute atomic E-state index is 12.9. The normalized spacial score (nSPS) is 13.7. The molecule has 2 amide bonds. The molecular weight excluding hydrogens is 412 g/mol. The average Bonchev–Trinajstić information content (AvgIpc) is 3.34. The third kappa shape index (κ3) is 4.29. The Hall–Kier alpha value is -4.21. The van der Waals surface area contributed by atoms with Gasteiger partial charge in [-0.25, -0.2) is 4.68 Å². The van der Waals surface area contributed by atoms with Crippen molar-refractivity contribution in [2.75, 3.05) is 36.4 Å². The molecule has 0 saturated carbocycles. The number of hydrogen-bond donors (Lipinski definition) is 1. The van der Waals surface area contributed by atoms with Gasteiger partial charge >= 0.3 is 0 Å². The molecule has 1 aromatic heterocycles. The first-order valence-electron chi connectivity index (χ1n) is 10.1. The highest BCUT2D eigenvalue weighted by molar-refractivity contribution is 6.06. The number of hydrogen-bond acceptors (Lipinski definition) is 6. The van der Waals surface area contributed by atoms with Crippen LogP contribution < -0.4 is 10.2 Å². The van der Waals surface area contributed by atoms with E-state index < -0.39 is 10.8 Å². The van der Waals surface area contributed by atoms with E-state index in [0.717, 1.165) is 0 Å². The van der Waals surface area contributed by atoms with Crippen LogP contribution in [-0.2, 0) is 4.79 Å². The molecule has 1 aliphatic rings. The second-order valence-electron chi connectivity index (χ2n) is 7.38. The predicted molar refractivity (Wildman–Crippen MR) is 119 cm³/mol. The van der Waals surface area contributed by atoms with E-state index in [0.29, 0.717) is 43.2 Å². The topological polar surface area (TPSA) is 114 Å². The number of carbonyl (C=O) groups is 2. The van der Waals surface area contributed by atoms with Crippen LogP contribution in [0.4, 0.5) is 17.1 Å². The van der Waals surface area contributed by atoms with Crippen LogP contribution in [0.2, 0.25) is 0 Å². The minimum Gasteiger partial charge on any atom is -0.362 e. The molecule has 0 atom stereocenters. The van der Waals surface area contributed by atoms with E-state index in [2.05, 4.69) is 10.4 Å². The fourth-order valence-corrected chi connectivity index (χ4v) is 3.73. The van der Waals surface area contributed by atoms with E-state index in [-0.39, 0.29) is 17.2 Å². The fourth-order valence-electron chi connectivity index (χ4n) is 3.73. The summed E-state index contributed by atoms with van der Waals surface area (Å²) in [6, 6.07) is 13.4. The summed E-state index contributed by atoms with van der Waals surface area (Å²) >= 11 is 0. The molecule has 32 heavy (non-hydrogen) atoms. The smallest absolute Gasteiger partial charge is 0.293 e. The van der Waals surface area contributed by atoms with Gasteiger partial charge in [-0.2, -0.15) is 5.10 Å². The SMILES string of the molecule is CC(=O)N1CCN(c2ccc(C(=O)Nc3ccccc3-n3cccn3)cc2[N+](=O)[O-])CC1. The third-order valence-corrected chi connectivity index (χ3v) is 5.40. The molecule has 0 unspecified atom stereocenters. The Labute approximate surface area is 184 Å². The van der Waals surface area contributed by atoms with E-state index in [1.165, 1.54) is 13.0 Å². The van der Waals surface area contributed by atoms with Crippen molar-refractivity contribution in [3.63, 3.8) is 0 Å². The highest BCUT2D eigenvalue weighted by Crippen LogP contribution is 2.31. The maximum atomic E-state index is 12.9. The largest absolute Gasteiger partial charge is 0.362 e. The second kappa shape index (κ2) is 8.88. The van der Waals surface area contributed by atoms with Crippen molar-refractivity contribution in [1.82, 2.24) is 14.7 Å². The van der Waals surface area contributed by atoms with E-state index >= 15 is 0 Å². The maximum Gasteiger partial charge on any atom is 0.293 e. The second-order valence-corrected chi connectivity index (χ2v) is 7.38. The zero-order valence-electron chi connectivity index (χ0n) is 17.5. The van der Waals surface area contributed by atoms with Crippen LogP contribution in [0, 0.1) is 10.1 Å². The van der Waals surface area contributed by atoms with Crippen molar-refractivity contribution in [2.24, 2.45) is 0 Å². The Balaban J connectivity index is 1.57. The minimum absolute atomic E-state index is 0.0124. The van der Waals surface area contributed by atoms with E-state index in [1.807, 2.05) is 17.0 Å². The van der Waals surface area contributed by atoms with E-state index in [9.17, 15) is 19.7 Å². The van der Waals surface area contributed by atoms with Crippen molar-refractivity contribution in [3.05, 3.63) is 76.6 Å². The summed E-state index contributed by atoms with van der Waals surface area (Å²) in [6.07, 6.45) is 3.40. The van der Waals surface area contributed by atoms with Gasteiger partial charge < -0.3 is 15.1 Å². The third-order valence-electron chi connectivity index (χ3n) is 5.40. The number of rotatable bonds is 5. The first-order valence-corrected chi connectivity index (χ1v) is 10.1. The number of piperazine rings is 1. The van der Waals surface area contributed by atoms with Crippen LogP contribution in [0.25, 0.3) is 5.69 Å². The van der Waals surface area contributed by atoms with Crippen LogP contribution in [0.1, 0.15) is 17.3 Å². The molecule has 10 heteroatoms. The zero-order chi connectivity index (χ0) is 22.7. The van der Waals surface area contributed by atoms with Gasteiger partial charge in [-0.15, -0.1) is 0 Å². The lowest BCUT2D eigenvalue weighted by Crippen LogP contribution is -2.48. The summed E-state index contributed by atoms with van der Waals surface area (Å²) in [6.45, 7) is 3.49. The Morgan fingerprint density at radius 3 is 2.44 bits per heavy atom. The number of nitro benzene ring substituents is 1. The number of amides is 2. The lowest BCUT2D eigenvalue weighted by molar-refractivity contribution is -0.384. The van der Waals surface area contributed by atoms with Crippen molar-refractivity contribution in [1.29, 1.82) is 0 Å². The molecule has 3 aromatic rings. The predicted octanol–water partition coefficient (Wildman–Crippen LogP) is 2.70. The number of benzene rings is 2. The van der Waals surface area contributed by atoms with Gasteiger partial charge in [0.2, 0.25) is 5.91 Å². The molecule has 1 aliphatic heterocycles. The van der Waals surface area contributed by atoms with Gasteiger partial charge in [0.1, 0.15) is 5.69 Å². The first kappa shape index (κ1) is 21.0. The van der Waals surface area contributed by atoms with Crippen LogP contribution in [0.15, 0.2) is 60.9 Å². The number of nitrogens with one attached hydrogen (secondary N) is 1. The average molecular weight is 434 g/mol. The Morgan fingerprint density at radius 2 is 1.78 bits per heavy atom. The van der Waals surface area contributed by atoms with E-state index in [1.54, 1.807) is 52.3 Å². The van der Waals surface area contributed by atoms with Crippen molar-refractivity contribution in [3.8, 4) is 5.69 Å². The molecule has 0 bridgehead atoms. The first-order chi connectivity index (χ1) is 15.4. The summed E-state index contributed by atoms with van der Waals surface area (Å²) in [5.41, 5.74) is 1.69. The number of aromatic nitrogens is 2. The van der Waals surface area contributed by atoms with Gasteiger partial charge in [0.15, 0.2) is 0 Å². The van der Waals surface area contributed by atoms with Crippen molar-refractivity contribution >= 4 is 28.9 Å². The lowest BCUT2D eigenvalue weighted by Gasteiger charge is -2.35. The number of para-hydroxylation sites is 2. The Kier molecular flexibility index (Phi) is 5.84. The number of nitro groups is 1. The lowest BCUT2D eigenvalue weighted by atomic mass is 10.1. The van der Waals surface area contributed by atoms with Crippen LogP contribution in [-0.4, -0.2) is 57.6 Å².